The summed E-state index contributed by atoms with van der Waals surface area (Å²) in [5.41, 5.74) is 5.45. The fourth-order valence-corrected chi connectivity index (χ4v) is 2.62. The number of rotatable bonds is 0. The van der Waals surface area contributed by atoms with Gasteiger partial charge >= 0.3 is 6.09 Å². The Bertz CT molecular complexity index is 314. The fraction of sp³-hybridized carbons (Fsp3) is 0.923. The van der Waals surface area contributed by atoms with E-state index >= 15 is 0 Å². The molecule has 0 aromatic carbocycles. The number of amides is 1. The zero-order valence-electron chi connectivity index (χ0n) is 11.5. The SMILES string of the molecule is CC(C)(C)OC(=O)N1CCC2CC(N)COC2C1. The first-order valence-electron chi connectivity index (χ1n) is 6.70. The van der Waals surface area contributed by atoms with Crippen LogP contribution in [0.3, 0.4) is 0 Å². The molecule has 2 aliphatic rings. The van der Waals surface area contributed by atoms with E-state index in [0.29, 0.717) is 19.1 Å². The quantitative estimate of drug-likeness (QED) is 0.710. The summed E-state index contributed by atoms with van der Waals surface area (Å²) < 4.78 is 11.1. The van der Waals surface area contributed by atoms with Gasteiger partial charge in [-0.05, 0) is 39.5 Å². The molecule has 2 aliphatic heterocycles. The molecule has 0 spiro atoms. The average molecular weight is 256 g/mol. The smallest absolute Gasteiger partial charge is 0.410 e. The maximum Gasteiger partial charge on any atom is 0.410 e. The molecule has 0 aliphatic carbocycles. The molecule has 2 saturated heterocycles. The Kier molecular flexibility index (Phi) is 3.82. The van der Waals surface area contributed by atoms with Crippen molar-refractivity contribution >= 4 is 6.09 Å². The Labute approximate surface area is 109 Å². The Balaban J connectivity index is 1.89. The lowest BCUT2D eigenvalue weighted by Gasteiger charge is -2.42. The second-order valence-electron chi connectivity index (χ2n) is 6.34. The molecule has 3 atom stereocenters. The number of carbonyl (C=O) groups is 1. The lowest BCUT2D eigenvalue weighted by molar-refractivity contribution is -0.0785. The van der Waals surface area contributed by atoms with Gasteiger partial charge in [0.1, 0.15) is 5.60 Å². The summed E-state index contributed by atoms with van der Waals surface area (Å²) in [7, 11) is 0. The number of hydrogen-bond donors (Lipinski definition) is 1. The van der Waals surface area contributed by atoms with Gasteiger partial charge in [-0.2, -0.15) is 0 Å². The predicted molar refractivity (Wildman–Crippen MR) is 68.2 cm³/mol. The Morgan fingerprint density at radius 1 is 1.44 bits per heavy atom. The third kappa shape index (κ3) is 3.36. The lowest BCUT2D eigenvalue weighted by atomic mass is 9.86. The molecule has 18 heavy (non-hydrogen) atoms. The normalized spacial score (nSPS) is 32.9. The van der Waals surface area contributed by atoms with Crippen LogP contribution in [0.25, 0.3) is 0 Å². The molecule has 0 aromatic rings. The maximum absolute atomic E-state index is 12.0. The average Bonchev–Trinajstić information content (AvgIpc) is 2.26. The zero-order valence-corrected chi connectivity index (χ0v) is 11.5. The Morgan fingerprint density at radius 2 is 2.17 bits per heavy atom. The minimum Gasteiger partial charge on any atom is -0.444 e. The van der Waals surface area contributed by atoms with Gasteiger partial charge in [0, 0.05) is 12.6 Å². The topological polar surface area (TPSA) is 64.8 Å². The number of nitrogens with two attached hydrogens (primary N) is 1. The number of likely N-dealkylation sites (tertiary alicyclic amines) is 1. The second-order valence-corrected chi connectivity index (χ2v) is 6.34. The minimum absolute atomic E-state index is 0.131. The van der Waals surface area contributed by atoms with Crippen molar-refractivity contribution in [3.63, 3.8) is 0 Å². The van der Waals surface area contributed by atoms with Gasteiger partial charge < -0.3 is 20.1 Å². The first-order chi connectivity index (χ1) is 8.35. The summed E-state index contributed by atoms with van der Waals surface area (Å²) >= 11 is 0. The molecule has 2 heterocycles. The molecule has 0 aromatic heterocycles. The van der Waals surface area contributed by atoms with Gasteiger partial charge in [0.2, 0.25) is 0 Å². The van der Waals surface area contributed by atoms with E-state index in [-0.39, 0.29) is 18.2 Å². The number of fused-ring (bicyclic) bond motifs is 1. The summed E-state index contributed by atoms with van der Waals surface area (Å²) in [5, 5.41) is 0. The van der Waals surface area contributed by atoms with Crippen molar-refractivity contribution in [3.8, 4) is 0 Å². The molecule has 1 amide bonds. The van der Waals surface area contributed by atoms with Crippen molar-refractivity contribution in [2.24, 2.45) is 11.7 Å². The standard InChI is InChI=1S/C13H24N2O3/c1-13(2,3)18-12(16)15-5-4-9-6-10(14)8-17-11(9)7-15/h9-11H,4-8,14H2,1-3H3. The van der Waals surface area contributed by atoms with E-state index in [1.807, 2.05) is 20.8 Å². The molecule has 5 nitrogen and oxygen atoms in total. The number of ether oxygens (including phenoxy) is 2. The third-order valence-corrected chi connectivity index (χ3v) is 3.48. The van der Waals surface area contributed by atoms with Gasteiger partial charge in [-0.25, -0.2) is 4.79 Å². The van der Waals surface area contributed by atoms with Gasteiger partial charge in [-0.15, -0.1) is 0 Å². The van der Waals surface area contributed by atoms with Crippen molar-refractivity contribution in [1.82, 2.24) is 4.90 Å². The van der Waals surface area contributed by atoms with E-state index in [4.69, 9.17) is 15.2 Å². The van der Waals surface area contributed by atoms with E-state index in [9.17, 15) is 4.79 Å². The highest BCUT2D eigenvalue weighted by molar-refractivity contribution is 5.68. The summed E-state index contributed by atoms with van der Waals surface area (Å²) in [6, 6.07) is 0.152. The highest BCUT2D eigenvalue weighted by Crippen LogP contribution is 2.29. The van der Waals surface area contributed by atoms with E-state index < -0.39 is 5.60 Å². The van der Waals surface area contributed by atoms with Gasteiger partial charge in [0.05, 0.1) is 19.3 Å². The predicted octanol–water partition coefficient (Wildman–Crippen LogP) is 1.36. The van der Waals surface area contributed by atoms with Crippen molar-refractivity contribution < 1.29 is 14.3 Å². The molecule has 0 bridgehead atoms. The molecular formula is C13H24N2O3. The van der Waals surface area contributed by atoms with Crippen molar-refractivity contribution in [1.29, 1.82) is 0 Å². The highest BCUT2D eigenvalue weighted by Gasteiger charge is 2.37. The summed E-state index contributed by atoms with van der Waals surface area (Å²) in [6.07, 6.45) is 1.86. The molecule has 2 fully saturated rings. The van der Waals surface area contributed by atoms with E-state index in [0.717, 1.165) is 19.4 Å². The van der Waals surface area contributed by atoms with E-state index in [1.165, 1.54) is 0 Å². The van der Waals surface area contributed by atoms with E-state index in [2.05, 4.69) is 0 Å². The van der Waals surface area contributed by atoms with Gasteiger partial charge in [-0.3, -0.25) is 0 Å². The number of nitrogens with zero attached hydrogens (tertiary/aromatic N) is 1. The lowest BCUT2D eigenvalue weighted by Crippen LogP contribution is -2.53. The van der Waals surface area contributed by atoms with Crippen molar-refractivity contribution in [2.45, 2.75) is 51.4 Å². The molecule has 3 unspecified atom stereocenters. The summed E-state index contributed by atoms with van der Waals surface area (Å²) in [6.45, 7) is 7.62. The van der Waals surface area contributed by atoms with E-state index in [1.54, 1.807) is 4.90 Å². The van der Waals surface area contributed by atoms with Crippen LogP contribution in [0.15, 0.2) is 0 Å². The largest absolute Gasteiger partial charge is 0.444 e. The molecule has 2 rings (SSSR count). The molecule has 0 saturated carbocycles. The van der Waals surface area contributed by atoms with Crippen molar-refractivity contribution in [3.05, 3.63) is 0 Å². The van der Waals surface area contributed by atoms with Crippen LogP contribution in [0.1, 0.15) is 33.6 Å². The van der Waals surface area contributed by atoms with Crippen LogP contribution < -0.4 is 5.73 Å². The van der Waals surface area contributed by atoms with Crippen molar-refractivity contribution in [2.75, 3.05) is 19.7 Å². The van der Waals surface area contributed by atoms with Crippen LogP contribution in [-0.2, 0) is 9.47 Å². The van der Waals surface area contributed by atoms with Gasteiger partial charge in [0.15, 0.2) is 0 Å². The second kappa shape index (κ2) is 5.05. The molecule has 2 N–H and O–H groups in total. The number of hydrogen-bond acceptors (Lipinski definition) is 4. The zero-order chi connectivity index (χ0) is 13.3. The molecule has 0 radical (unpaired) electrons. The third-order valence-electron chi connectivity index (χ3n) is 3.48. The molecule has 5 heteroatoms. The monoisotopic (exact) mass is 256 g/mol. The minimum atomic E-state index is -0.441. The number of carbonyl (C=O) groups excluding carboxylic acids is 1. The summed E-state index contributed by atoms with van der Waals surface area (Å²) in [4.78, 5) is 13.7. The van der Waals surface area contributed by atoms with Crippen LogP contribution in [0, 0.1) is 5.92 Å². The van der Waals surface area contributed by atoms with Gasteiger partial charge in [-0.1, -0.05) is 0 Å². The Hall–Kier alpha value is -0.810. The van der Waals surface area contributed by atoms with Crippen LogP contribution >= 0.6 is 0 Å². The fourth-order valence-electron chi connectivity index (χ4n) is 2.62. The first-order valence-corrected chi connectivity index (χ1v) is 6.70. The highest BCUT2D eigenvalue weighted by atomic mass is 16.6. The Morgan fingerprint density at radius 3 is 2.83 bits per heavy atom. The molecular weight excluding hydrogens is 232 g/mol. The number of piperidine rings is 1. The summed E-state index contributed by atoms with van der Waals surface area (Å²) in [5.74, 6) is 0.493. The van der Waals surface area contributed by atoms with Crippen LogP contribution in [-0.4, -0.2) is 48.4 Å². The van der Waals surface area contributed by atoms with Crippen LogP contribution in [0.5, 0.6) is 0 Å². The van der Waals surface area contributed by atoms with Crippen LogP contribution in [0.2, 0.25) is 0 Å². The molecule has 104 valence electrons. The first kappa shape index (κ1) is 13.6. The van der Waals surface area contributed by atoms with Gasteiger partial charge in [0.25, 0.3) is 0 Å². The maximum atomic E-state index is 12.0. The van der Waals surface area contributed by atoms with Crippen LogP contribution in [0.4, 0.5) is 4.79 Å².